The van der Waals surface area contributed by atoms with E-state index in [1.54, 1.807) is 11.3 Å². The van der Waals surface area contributed by atoms with Crippen LogP contribution in [0.1, 0.15) is 41.0 Å². The van der Waals surface area contributed by atoms with Crippen LogP contribution in [0.4, 0.5) is 0 Å². The van der Waals surface area contributed by atoms with Crippen molar-refractivity contribution in [2.24, 2.45) is 0 Å². The third-order valence-corrected chi connectivity index (χ3v) is 5.73. The van der Waals surface area contributed by atoms with Crippen molar-refractivity contribution in [3.63, 3.8) is 0 Å². The molecule has 26 heavy (non-hydrogen) atoms. The van der Waals surface area contributed by atoms with E-state index >= 15 is 0 Å². The maximum Gasteiger partial charge on any atom is 0.251 e. The van der Waals surface area contributed by atoms with Crippen LogP contribution in [0.3, 0.4) is 0 Å². The first-order valence-electron chi connectivity index (χ1n) is 9.03. The number of rotatable bonds is 6. The van der Waals surface area contributed by atoms with Crippen molar-refractivity contribution in [3.8, 4) is 0 Å². The second-order valence-electron chi connectivity index (χ2n) is 6.69. The molecule has 2 N–H and O–H groups in total. The molecule has 0 bridgehead atoms. The SMILES string of the molecule is CC(NC(=O)CN1CCC(NC(=O)c2ccccc2)CC1)c1cccs1. The molecule has 1 saturated heterocycles. The van der Waals surface area contributed by atoms with Crippen molar-refractivity contribution < 1.29 is 9.59 Å². The van der Waals surface area contributed by atoms with Crippen LogP contribution >= 0.6 is 11.3 Å². The van der Waals surface area contributed by atoms with Crippen molar-refractivity contribution in [3.05, 3.63) is 58.3 Å². The standard InChI is InChI=1S/C20H25N3O2S/c1-15(18-8-5-13-26-18)21-19(24)14-23-11-9-17(10-12-23)22-20(25)16-6-3-2-4-7-16/h2-8,13,15,17H,9-12,14H2,1H3,(H,21,24)(H,22,25). The predicted molar refractivity (Wildman–Crippen MR) is 104 cm³/mol. The Morgan fingerprint density at radius 3 is 2.54 bits per heavy atom. The van der Waals surface area contributed by atoms with Crippen molar-refractivity contribution in [1.29, 1.82) is 0 Å². The number of hydrogen-bond donors (Lipinski definition) is 2. The number of carbonyl (C=O) groups is 2. The first-order valence-corrected chi connectivity index (χ1v) is 9.91. The highest BCUT2D eigenvalue weighted by Crippen LogP contribution is 2.18. The quantitative estimate of drug-likeness (QED) is 0.821. The molecule has 1 aromatic heterocycles. The Balaban J connectivity index is 1.39. The number of hydrogen-bond acceptors (Lipinski definition) is 4. The molecule has 0 spiro atoms. The minimum Gasteiger partial charge on any atom is -0.349 e. The summed E-state index contributed by atoms with van der Waals surface area (Å²) in [6.45, 7) is 4.06. The van der Waals surface area contributed by atoms with E-state index in [2.05, 4.69) is 15.5 Å². The monoisotopic (exact) mass is 371 g/mol. The average molecular weight is 372 g/mol. The van der Waals surface area contributed by atoms with E-state index in [4.69, 9.17) is 0 Å². The van der Waals surface area contributed by atoms with E-state index in [1.165, 1.54) is 4.88 Å². The molecule has 0 saturated carbocycles. The highest BCUT2D eigenvalue weighted by molar-refractivity contribution is 7.10. The Labute approximate surface area is 158 Å². The molecule has 2 aromatic rings. The van der Waals surface area contributed by atoms with Crippen molar-refractivity contribution in [2.75, 3.05) is 19.6 Å². The lowest BCUT2D eigenvalue weighted by Gasteiger charge is -2.32. The van der Waals surface area contributed by atoms with E-state index in [0.717, 1.165) is 25.9 Å². The smallest absolute Gasteiger partial charge is 0.251 e. The maximum atomic E-state index is 12.2. The molecule has 2 amide bonds. The Hall–Kier alpha value is -2.18. The summed E-state index contributed by atoms with van der Waals surface area (Å²) in [5, 5.41) is 8.17. The lowest BCUT2D eigenvalue weighted by atomic mass is 10.0. The van der Waals surface area contributed by atoms with Gasteiger partial charge in [0.15, 0.2) is 0 Å². The Morgan fingerprint density at radius 1 is 1.15 bits per heavy atom. The molecule has 0 radical (unpaired) electrons. The van der Waals surface area contributed by atoms with Gasteiger partial charge in [0, 0.05) is 29.6 Å². The highest BCUT2D eigenvalue weighted by Gasteiger charge is 2.23. The van der Waals surface area contributed by atoms with Crippen molar-refractivity contribution in [1.82, 2.24) is 15.5 Å². The number of amides is 2. The lowest BCUT2D eigenvalue weighted by molar-refractivity contribution is -0.123. The van der Waals surface area contributed by atoms with Gasteiger partial charge in [0.05, 0.1) is 12.6 Å². The molecule has 5 nitrogen and oxygen atoms in total. The van der Waals surface area contributed by atoms with Gasteiger partial charge in [-0.2, -0.15) is 0 Å². The first-order chi connectivity index (χ1) is 12.6. The van der Waals surface area contributed by atoms with E-state index in [1.807, 2.05) is 54.8 Å². The van der Waals surface area contributed by atoms with Crippen LogP contribution in [0.2, 0.25) is 0 Å². The Bertz CT molecular complexity index is 710. The van der Waals surface area contributed by atoms with Gasteiger partial charge in [-0.25, -0.2) is 0 Å². The van der Waals surface area contributed by atoms with Gasteiger partial charge in [0.25, 0.3) is 5.91 Å². The third kappa shape index (κ3) is 5.16. The molecular weight excluding hydrogens is 346 g/mol. The van der Waals surface area contributed by atoms with E-state index < -0.39 is 0 Å². The van der Waals surface area contributed by atoms with Crippen LogP contribution in [0.15, 0.2) is 47.8 Å². The number of piperidine rings is 1. The maximum absolute atomic E-state index is 12.2. The molecule has 1 fully saturated rings. The zero-order valence-corrected chi connectivity index (χ0v) is 15.8. The average Bonchev–Trinajstić information content (AvgIpc) is 3.19. The third-order valence-electron chi connectivity index (χ3n) is 4.67. The molecule has 1 unspecified atom stereocenters. The largest absolute Gasteiger partial charge is 0.349 e. The molecule has 1 aliphatic heterocycles. The minimum absolute atomic E-state index is 0.0217. The second-order valence-corrected chi connectivity index (χ2v) is 7.67. The van der Waals surface area contributed by atoms with Crippen LogP contribution in [-0.4, -0.2) is 42.4 Å². The molecule has 0 aliphatic carbocycles. The van der Waals surface area contributed by atoms with Gasteiger partial charge in [-0.3, -0.25) is 14.5 Å². The second kappa shape index (κ2) is 8.96. The summed E-state index contributed by atoms with van der Waals surface area (Å²) in [6, 6.07) is 13.5. The summed E-state index contributed by atoms with van der Waals surface area (Å²) in [5.74, 6) is 0.0317. The fraction of sp³-hybridized carbons (Fsp3) is 0.400. The van der Waals surface area contributed by atoms with Crippen LogP contribution in [0, 0.1) is 0 Å². The molecule has 138 valence electrons. The van der Waals surface area contributed by atoms with Gasteiger partial charge >= 0.3 is 0 Å². The number of thiophene rings is 1. The molecule has 1 aliphatic rings. The summed E-state index contributed by atoms with van der Waals surface area (Å²) >= 11 is 1.65. The molecule has 1 aromatic carbocycles. The summed E-state index contributed by atoms with van der Waals surface area (Å²) in [6.07, 6.45) is 1.73. The fourth-order valence-electron chi connectivity index (χ4n) is 3.19. The van der Waals surface area contributed by atoms with Crippen molar-refractivity contribution >= 4 is 23.2 Å². The normalized spacial score (nSPS) is 16.8. The summed E-state index contributed by atoms with van der Waals surface area (Å²) in [7, 11) is 0. The van der Waals surface area contributed by atoms with E-state index in [-0.39, 0.29) is 23.9 Å². The number of nitrogens with zero attached hydrogens (tertiary/aromatic N) is 1. The molecular formula is C20H25N3O2S. The van der Waals surface area contributed by atoms with Gasteiger partial charge < -0.3 is 10.6 Å². The zero-order valence-electron chi connectivity index (χ0n) is 15.0. The molecule has 3 rings (SSSR count). The molecule has 1 atom stereocenters. The number of likely N-dealkylation sites (tertiary alicyclic amines) is 1. The Kier molecular flexibility index (Phi) is 6.41. The van der Waals surface area contributed by atoms with Crippen LogP contribution < -0.4 is 10.6 Å². The van der Waals surface area contributed by atoms with Gasteiger partial charge in [0.1, 0.15) is 0 Å². The van der Waals surface area contributed by atoms with E-state index in [9.17, 15) is 9.59 Å². The summed E-state index contributed by atoms with van der Waals surface area (Å²) in [4.78, 5) is 27.8. The number of carbonyl (C=O) groups excluding carboxylic acids is 2. The summed E-state index contributed by atoms with van der Waals surface area (Å²) < 4.78 is 0. The number of benzene rings is 1. The van der Waals surface area contributed by atoms with Gasteiger partial charge in [0.2, 0.25) is 5.91 Å². The first kappa shape index (κ1) is 18.6. The van der Waals surface area contributed by atoms with Crippen LogP contribution in [0.5, 0.6) is 0 Å². The zero-order chi connectivity index (χ0) is 18.4. The van der Waals surface area contributed by atoms with Gasteiger partial charge in [-0.1, -0.05) is 24.3 Å². The highest BCUT2D eigenvalue weighted by atomic mass is 32.1. The molecule has 6 heteroatoms. The lowest BCUT2D eigenvalue weighted by Crippen LogP contribution is -2.47. The van der Waals surface area contributed by atoms with Gasteiger partial charge in [-0.05, 0) is 43.3 Å². The van der Waals surface area contributed by atoms with Crippen molar-refractivity contribution in [2.45, 2.75) is 31.8 Å². The summed E-state index contributed by atoms with van der Waals surface area (Å²) in [5.41, 5.74) is 0.692. The minimum atomic E-state index is -0.0217. The van der Waals surface area contributed by atoms with Crippen LogP contribution in [0.25, 0.3) is 0 Å². The number of nitrogens with one attached hydrogen (secondary N) is 2. The van der Waals surface area contributed by atoms with E-state index in [0.29, 0.717) is 12.1 Å². The topological polar surface area (TPSA) is 61.4 Å². The fourth-order valence-corrected chi connectivity index (χ4v) is 3.93. The van der Waals surface area contributed by atoms with Gasteiger partial charge in [-0.15, -0.1) is 11.3 Å². The Morgan fingerprint density at radius 2 is 1.88 bits per heavy atom. The predicted octanol–water partition coefficient (Wildman–Crippen LogP) is 2.82. The molecule has 2 heterocycles. The van der Waals surface area contributed by atoms with Crippen LogP contribution in [-0.2, 0) is 4.79 Å².